The van der Waals surface area contributed by atoms with Crippen LogP contribution in [0.4, 0.5) is 0 Å². The van der Waals surface area contributed by atoms with E-state index in [9.17, 15) is 19.2 Å². The number of carbonyl (C=O) groups is 4. The van der Waals surface area contributed by atoms with Gasteiger partial charge in [-0.3, -0.25) is 29.6 Å². The van der Waals surface area contributed by atoms with Gasteiger partial charge in [-0.25, -0.2) is 0 Å². The Kier molecular flexibility index (Phi) is 7.43. The minimum atomic E-state index is -0.778. The van der Waals surface area contributed by atoms with Gasteiger partial charge in [-0.05, 0) is 24.6 Å². The highest BCUT2D eigenvalue weighted by Gasteiger charge is 2.37. The summed E-state index contributed by atoms with van der Waals surface area (Å²) in [5.41, 5.74) is 3.68. The Bertz CT molecular complexity index is 994. The van der Waals surface area contributed by atoms with Crippen LogP contribution in [0.15, 0.2) is 54.6 Å². The highest BCUT2D eigenvalue weighted by Crippen LogP contribution is 2.20. The van der Waals surface area contributed by atoms with Crippen LogP contribution >= 0.6 is 0 Å². The standard InChI is InChI=1S/C23H25N3O6/c1-15(16-8-4-3-5-9-16)24-20(27)14-32-23(30)17-12-21(28)26(13-17)25-22(29)18-10-6-7-11-19(18)31-2/h3-11,15,17H,12-14H2,1-2H3,(H,24,27)(H,25,29)/t15-,17+/m1/s1. The maximum absolute atomic E-state index is 12.5. The molecule has 2 aromatic rings. The minimum absolute atomic E-state index is 0.0411. The number of esters is 1. The Morgan fingerprint density at radius 2 is 1.78 bits per heavy atom. The van der Waals surface area contributed by atoms with E-state index in [1.807, 2.05) is 37.3 Å². The first-order valence-electron chi connectivity index (χ1n) is 10.1. The SMILES string of the molecule is COc1ccccc1C(=O)NN1C[C@@H](C(=O)OCC(=O)N[C@H](C)c2ccccc2)CC1=O. The first kappa shape index (κ1) is 22.8. The van der Waals surface area contributed by atoms with Crippen molar-refractivity contribution in [2.75, 3.05) is 20.3 Å². The molecule has 3 rings (SSSR count). The van der Waals surface area contributed by atoms with Crippen LogP contribution in [0.25, 0.3) is 0 Å². The normalized spacial score (nSPS) is 16.2. The molecule has 2 aromatic carbocycles. The molecule has 9 nitrogen and oxygen atoms in total. The fourth-order valence-electron chi connectivity index (χ4n) is 3.35. The summed E-state index contributed by atoms with van der Waals surface area (Å²) >= 11 is 0. The molecule has 1 saturated heterocycles. The fraction of sp³-hybridized carbons (Fsp3) is 0.304. The molecule has 0 unspecified atom stereocenters. The lowest BCUT2D eigenvalue weighted by atomic mass is 10.1. The summed E-state index contributed by atoms with van der Waals surface area (Å²) in [5.74, 6) is -2.48. The molecule has 2 atom stereocenters. The second-order valence-electron chi connectivity index (χ2n) is 7.35. The lowest BCUT2D eigenvalue weighted by Crippen LogP contribution is -2.43. The third-order valence-electron chi connectivity index (χ3n) is 5.07. The van der Waals surface area contributed by atoms with Gasteiger partial charge < -0.3 is 14.8 Å². The zero-order valence-electron chi connectivity index (χ0n) is 17.9. The molecule has 3 amide bonds. The van der Waals surface area contributed by atoms with E-state index in [4.69, 9.17) is 9.47 Å². The summed E-state index contributed by atoms with van der Waals surface area (Å²) in [7, 11) is 1.44. The number of para-hydroxylation sites is 1. The van der Waals surface area contributed by atoms with E-state index in [1.54, 1.807) is 24.3 Å². The average molecular weight is 439 g/mol. The van der Waals surface area contributed by atoms with E-state index in [0.717, 1.165) is 10.6 Å². The van der Waals surface area contributed by atoms with Crippen LogP contribution in [0.3, 0.4) is 0 Å². The first-order valence-corrected chi connectivity index (χ1v) is 10.1. The number of rotatable bonds is 8. The molecule has 9 heteroatoms. The van der Waals surface area contributed by atoms with Crippen LogP contribution in [0, 0.1) is 5.92 Å². The van der Waals surface area contributed by atoms with Gasteiger partial charge in [-0.15, -0.1) is 0 Å². The largest absolute Gasteiger partial charge is 0.496 e. The van der Waals surface area contributed by atoms with Gasteiger partial charge in [0.1, 0.15) is 5.75 Å². The molecule has 1 aliphatic rings. The third-order valence-corrected chi connectivity index (χ3v) is 5.07. The monoisotopic (exact) mass is 439 g/mol. The van der Waals surface area contributed by atoms with Crippen molar-refractivity contribution in [2.24, 2.45) is 5.92 Å². The third kappa shape index (κ3) is 5.63. The number of nitrogens with one attached hydrogen (secondary N) is 2. The average Bonchev–Trinajstić information content (AvgIpc) is 3.18. The predicted octanol–water partition coefficient (Wildman–Crippen LogP) is 1.61. The number of carbonyl (C=O) groups excluding carboxylic acids is 4. The van der Waals surface area contributed by atoms with Crippen LogP contribution in [0.1, 0.15) is 35.3 Å². The van der Waals surface area contributed by atoms with Crippen molar-refractivity contribution >= 4 is 23.7 Å². The van der Waals surface area contributed by atoms with Crippen molar-refractivity contribution in [2.45, 2.75) is 19.4 Å². The fourth-order valence-corrected chi connectivity index (χ4v) is 3.35. The molecule has 0 spiro atoms. The summed E-state index contributed by atoms with van der Waals surface area (Å²) in [6.07, 6.45) is -0.118. The van der Waals surface area contributed by atoms with Gasteiger partial charge in [0.25, 0.3) is 11.8 Å². The molecular formula is C23H25N3O6. The van der Waals surface area contributed by atoms with Crippen molar-refractivity contribution in [1.82, 2.24) is 15.8 Å². The molecule has 32 heavy (non-hydrogen) atoms. The molecule has 0 bridgehead atoms. The molecular weight excluding hydrogens is 414 g/mol. The highest BCUT2D eigenvalue weighted by atomic mass is 16.5. The summed E-state index contributed by atoms with van der Waals surface area (Å²) < 4.78 is 10.2. The van der Waals surface area contributed by atoms with Gasteiger partial charge in [-0.1, -0.05) is 42.5 Å². The summed E-state index contributed by atoms with van der Waals surface area (Å²) in [5, 5.41) is 3.83. The number of ether oxygens (including phenoxy) is 2. The van der Waals surface area contributed by atoms with Gasteiger partial charge in [0.2, 0.25) is 5.91 Å². The zero-order chi connectivity index (χ0) is 23.1. The van der Waals surface area contributed by atoms with Crippen LogP contribution < -0.4 is 15.5 Å². The quantitative estimate of drug-likeness (QED) is 0.604. The number of benzene rings is 2. The Morgan fingerprint density at radius 3 is 2.50 bits per heavy atom. The van der Waals surface area contributed by atoms with Gasteiger partial charge in [0.15, 0.2) is 6.61 Å². The van der Waals surface area contributed by atoms with Crippen molar-refractivity contribution < 1.29 is 28.7 Å². The number of hydrogen-bond acceptors (Lipinski definition) is 6. The Hall–Kier alpha value is -3.88. The first-order chi connectivity index (χ1) is 15.4. The second kappa shape index (κ2) is 10.4. The van der Waals surface area contributed by atoms with Crippen LogP contribution in [0.5, 0.6) is 5.75 Å². The maximum Gasteiger partial charge on any atom is 0.311 e. The molecule has 0 saturated carbocycles. The molecule has 0 aromatic heterocycles. The Morgan fingerprint density at radius 1 is 1.09 bits per heavy atom. The number of amides is 3. The Balaban J connectivity index is 1.48. The van der Waals surface area contributed by atoms with Crippen LogP contribution in [0.2, 0.25) is 0 Å². The smallest absolute Gasteiger partial charge is 0.311 e. The van der Waals surface area contributed by atoms with Crippen molar-refractivity contribution in [3.8, 4) is 5.75 Å². The number of hydrazine groups is 1. The lowest BCUT2D eigenvalue weighted by molar-refractivity contribution is -0.152. The van der Waals surface area contributed by atoms with Crippen molar-refractivity contribution in [3.63, 3.8) is 0 Å². The second-order valence-corrected chi connectivity index (χ2v) is 7.35. The van der Waals surface area contributed by atoms with Gasteiger partial charge >= 0.3 is 5.97 Å². The van der Waals surface area contributed by atoms with E-state index in [1.165, 1.54) is 7.11 Å². The van der Waals surface area contributed by atoms with E-state index >= 15 is 0 Å². The molecule has 0 aliphatic carbocycles. The highest BCUT2D eigenvalue weighted by molar-refractivity contribution is 5.98. The maximum atomic E-state index is 12.5. The minimum Gasteiger partial charge on any atom is -0.496 e. The topological polar surface area (TPSA) is 114 Å². The predicted molar refractivity (Wildman–Crippen MR) is 114 cm³/mol. The molecule has 168 valence electrons. The Labute approximate surface area is 185 Å². The van der Waals surface area contributed by atoms with E-state index in [2.05, 4.69) is 10.7 Å². The van der Waals surface area contributed by atoms with Crippen molar-refractivity contribution in [1.29, 1.82) is 0 Å². The van der Waals surface area contributed by atoms with E-state index in [0.29, 0.717) is 5.75 Å². The molecule has 1 fully saturated rings. The summed E-state index contributed by atoms with van der Waals surface area (Å²) in [4.78, 5) is 49.2. The van der Waals surface area contributed by atoms with E-state index in [-0.39, 0.29) is 24.6 Å². The van der Waals surface area contributed by atoms with Gasteiger partial charge in [0, 0.05) is 6.42 Å². The summed E-state index contributed by atoms with van der Waals surface area (Å²) in [6, 6.07) is 15.7. The molecule has 0 radical (unpaired) electrons. The van der Waals surface area contributed by atoms with Crippen LogP contribution in [-0.4, -0.2) is 49.0 Å². The van der Waals surface area contributed by atoms with Crippen LogP contribution in [-0.2, 0) is 19.1 Å². The molecule has 2 N–H and O–H groups in total. The zero-order valence-corrected chi connectivity index (χ0v) is 17.9. The van der Waals surface area contributed by atoms with Crippen molar-refractivity contribution in [3.05, 3.63) is 65.7 Å². The van der Waals surface area contributed by atoms with Gasteiger partial charge in [-0.2, -0.15) is 0 Å². The lowest BCUT2D eigenvalue weighted by Gasteiger charge is -2.18. The number of methoxy groups -OCH3 is 1. The number of nitrogens with zero attached hydrogens (tertiary/aromatic N) is 1. The van der Waals surface area contributed by atoms with E-state index < -0.39 is 36.2 Å². The summed E-state index contributed by atoms with van der Waals surface area (Å²) in [6.45, 7) is 1.34. The molecule has 1 aliphatic heterocycles. The number of hydrogen-bond donors (Lipinski definition) is 2. The van der Waals surface area contributed by atoms with Gasteiger partial charge in [0.05, 0.1) is 31.2 Å². The molecule has 1 heterocycles.